The van der Waals surface area contributed by atoms with Crippen molar-refractivity contribution >= 4 is 23.8 Å². The first-order chi connectivity index (χ1) is 16.2. The number of aromatic nitrogens is 2. The van der Waals surface area contributed by atoms with E-state index in [1.54, 1.807) is 40.9 Å². The zero-order chi connectivity index (χ0) is 26.6. The maximum absolute atomic E-state index is 12.4. The van der Waals surface area contributed by atoms with Crippen molar-refractivity contribution in [1.82, 2.24) is 20.2 Å². The molecule has 0 saturated heterocycles. The normalized spacial score (nSPS) is 12.1. The molecule has 2 amide bonds. The molecule has 0 radical (unpaired) electrons. The van der Waals surface area contributed by atoms with Gasteiger partial charge in [0.15, 0.2) is 0 Å². The standard InChI is InChI=1S/C26H44N6O3/c1-10-15-27-21-20(17-29-23(31-21)30-18-25(3,4)5)14-12-11-13-16-28-22(33)19(2)32(9)24(34)35-26(6,7)8/h17,19H,10-11,13,15-16,18H2,1-9H3,(H,28,33)(H2,27,29,30,31)/t19-/m0/s1. The molecule has 9 nitrogen and oxygen atoms in total. The predicted octanol–water partition coefficient (Wildman–Crippen LogP) is 4.26. The highest BCUT2D eigenvalue weighted by Crippen LogP contribution is 2.16. The summed E-state index contributed by atoms with van der Waals surface area (Å²) >= 11 is 0. The van der Waals surface area contributed by atoms with E-state index in [0.29, 0.717) is 25.3 Å². The van der Waals surface area contributed by atoms with E-state index in [2.05, 4.69) is 65.5 Å². The second-order valence-electron chi connectivity index (χ2n) is 10.8. The smallest absolute Gasteiger partial charge is 0.410 e. The first kappa shape index (κ1) is 30.0. The van der Waals surface area contributed by atoms with Gasteiger partial charge in [-0.25, -0.2) is 9.78 Å². The van der Waals surface area contributed by atoms with Gasteiger partial charge in [-0.3, -0.25) is 9.69 Å². The number of carbonyl (C=O) groups excluding carboxylic acids is 2. The molecule has 0 aliphatic heterocycles. The zero-order valence-corrected chi connectivity index (χ0v) is 23.0. The largest absolute Gasteiger partial charge is 0.444 e. The Morgan fingerprint density at radius 1 is 1.14 bits per heavy atom. The highest BCUT2D eigenvalue weighted by atomic mass is 16.6. The molecule has 196 valence electrons. The van der Waals surface area contributed by atoms with Crippen molar-refractivity contribution in [3.05, 3.63) is 11.8 Å². The number of rotatable bonds is 10. The summed E-state index contributed by atoms with van der Waals surface area (Å²) in [7, 11) is 1.56. The van der Waals surface area contributed by atoms with Crippen LogP contribution in [0.2, 0.25) is 0 Å². The van der Waals surface area contributed by atoms with E-state index < -0.39 is 17.7 Å². The van der Waals surface area contributed by atoms with Crippen molar-refractivity contribution in [3.8, 4) is 11.8 Å². The van der Waals surface area contributed by atoms with Crippen molar-refractivity contribution in [2.24, 2.45) is 5.41 Å². The second-order valence-corrected chi connectivity index (χ2v) is 10.8. The van der Waals surface area contributed by atoms with Crippen LogP contribution in [-0.2, 0) is 9.53 Å². The topological polar surface area (TPSA) is 108 Å². The number of hydrogen-bond acceptors (Lipinski definition) is 7. The molecule has 35 heavy (non-hydrogen) atoms. The third kappa shape index (κ3) is 12.3. The maximum Gasteiger partial charge on any atom is 0.410 e. The van der Waals surface area contributed by atoms with E-state index in [0.717, 1.165) is 30.9 Å². The van der Waals surface area contributed by atoms with Crippen molar-refractivity contribution in [2.75, 3.05) is 37.3 Å². The number of amides is 2. The summed E-state index contributed by atoms with van der Waals surface area (Å²) in [4.78, 5) is 34.8. The monoisotopic (exact) mass is 488 g/mol. The summed E-state index contributed by atoms with van der Waals surface area (Å²) in [6, 6.07) is -0.634. The first-order valence-electron chi connectivity index (χ1n) is 12.3. The van der Waals surface area contributed by atoms with E-state index >= 15 is 0 Å². The van der Waals surface area contributed by atoms with Crippen molar-refractivity contribution in [3.63, 3.8) is 0 Å². The molecule has 1 heterocycles. The van der Waals surface area contributed by atoms with Crippen molar-refractivity contribution < 1.29 is 14.3 Å². The summed E-state index contributed by atoms with van der Waals surface area (Å²) in [5, 5.41) is 9.45. The average Bonchev–Trinajstić information content (AvgIpc) is 2.76. The molecule has 0 aromatic carbocycles. The lowest BCUT2D eigenvalue weighted by Gasteiger charge is -2.28. The summed E-state index contributed by atoms with van der Waals surface area (Å²) in [5.41, 5.74) is 0.258. The van der Waals surface area contributed by atoms with E-state index in [1.807, 2.05) is 0 Å². The van der Waals surface area contributed by atoms with Gasteiger partial charge in [-0.1, -0.05) is 39.5 Å². The van der Waals surface area contributed by atoms with E-state index in [4.69, 9.17) is 4.74 Å². The molecule has 0 bridgehead atoms. The molecule has 0 fully saturated rings. The highest BCUT2D eigenvalue weighted by molar-refractivity contribution is 5.85. The lowest BCUT2D eigenvalue weighted by Crippen LogP contribution is -2.47. The van der Waals surface area contributed by atoms with Crippen LogP contribution in [0.3, 0.4) is 0 Å². The number of anilines is 2. The van der Waals surface area contributed by atoms with Gasteiger partial charge >= 0.3 is 6.09 Å². The fourth-order valence-corrected chi connectivity index (χ4v) is 2.64. The molecule has 1 aromatic rings. The molecule has 0 saturated carbocycles. The van der Waals surface area contributed by atoms with Gasteiger partial charge in [-0.15, -0.1) is 0 Å². The first-order valence-corrected chi connectivity index (χ1v) is 12.3. The van der Waals surface area contributed by atoms with Crippen LogP contribution in [0.1, 0.15) is 80.2 Å². The molecule has 0 aliphatic carbocycles. The maximum atomic E-state index is 12.4. The SMILES string of the molecule is CCCNc1nc(NCC(C)(C)C)ncc1C#CCCCNC(=O)[C@H](C)N(C)C(=O)OC(C)(C)C. The number of nitrogens with one attached hydrogen (secondary N) is 3. The van der Waals surface area contributed by atoms with Gasteiger partial charge in [0.1, 0.15) is 17.5 Å². The molecule has 0 unspecified atom stereocenters. The minimum absolute atomic E-state index is 0.122. The zero-order valence-electron chi connectivity index (χ0n) is 23.0. The van der Waals surface area contributed by atoms with E-state index in [-0.39, 0.29) is 11.3 Å². The summed E-state index contributed by atoms with van der Waals surface area (Å²) < 4.78 is 5.31. The molecule has 3 N–H and O–H groups in total. The van der Waals surface area contributed by atoms with Crippen LogP contribution in [-0.4, -0.2) is 65.2 Å². The highest BCUT2D eigenvalue weighted by Gasteiger charge is 2.26. The summed E-state index contributed by atoms with van der Waals surface area (Å²) in [5.74, 6) is 7.35. The lowest BCUT2D eigenvalue weighted by molar-refractivity contribution is -0.125. The Balaban J connectivity index is 2.59. The van der Waals surface area contributed by atoms with Crippen LogP contribution in [0, 0.1) is 17.3 Å². The molecule has 1 rings (SSSR count). The van der Waals surface area contributed by atoms with Gasteiger partial charge in [-0.2, -0.15) is 4.98 Å². The van der Waals surface area contributed by atoms with Crippen molar-refractivity contribution in [1.29, 1.82) is 0 Å². The van der Waals surface area contributed by atoms with E-state index in [1.165, 1.54) is 4.90 Å². The predicted molar refractivity (Wildman–Crippen MR) is 141 cm³/mol. The molecule has 0 aliphatic rings. The Kier molecular flexibility index (Phi) is 11.8. The van der Waals surface area contributed by atoms with Gasteiger partial charge in [0.2, 0.25) is 11.9 Å². The minimum Gasteiger partial charge on any atom is -0.444 e. The van der Waals surface area contributed by atoms with Crippen LogP contribution in [0.25, 0.3) is 0 Å². The number of carbonyl (C=O) groups is 2. The Bertz CT molecular complexity index is 893. The van der Waals surface area contributed by atoms with Crippen molar-refractivity contribution in [2.45, 2.75) is 86.3 Å². The van der Waals surface area contributed by atoms with Gasteiger partial charge in [0.25, 0.3) is 0 Å². The molecular formula is C26H44N6O3. The van der Waals surface area contributed by atoms with Crippen LogP contribution in [0.5, 0.6) is 0 Å². The number of nitrogens with zero attached hydrogens (tertiary/aromatic N) is 3. The molecule has 1 aromatic heterocycles. The number of unbranched alkanes of at least 4 members (excludes halogenated alkanes) is 1. The number of likely N-dealkylation sites (N-methyl/N-ethyl adjacent to an activating group) is 1. The minimum atomic E-state index is -0.634. The Labute approximate surface area is 211 Å². The summed E-state index contributed by atoms with van der Waals surface area (Å²) in [6.07, 6.45) is 3.47. The lowest BCUT2D eigenvalue weighted by atomic mass is 9.97. The van der Waals surface area contributed by atoms with Gasteiger partial charge < -0.3 is 20.7 Å². The fourth-order valence-electron chi connectivity index (χ4n) is 2.64. The average molecular weight is 489 g/mol. The van der Waals surface area contributed by atoms with Crippen LogP contribution >= 0.6 is 0 Å². The third-order valence-corrected chi connectivity index (χ3v) is 4.75. The quantitative estimate of drug-likeness (QED) is 0.333. The molecular weight excluding hydrogens is 444 g/mol. The number of hydrogen-bond donors (Lipinski definition) is 3. The molecule has 1 atom stereocenters. The number of ether oxygens (including phenoxy) is 1. The fraction of sp³-hybridized carbons (Fsp3) is 0.692. The Morgan fingerprint density at radius 2 is 1.83 bits per heavy atom. The molecule has 9 heteroatoms. The Hall–Kier alpha value is -3.02. The van der Waals surface area contributed by atoms with E-state index in [9.17, 15) is 9.59 Å². The third-order valence-electron chi connectivity index (χ3n) is 4.75. The Morgan fingerprint density at radius 3 is 2.43 bits per heavy atom. The van der Waals surface area contributed by atoms with Crippen LogP contribution in [0.15, 0.2) is 6.20 Å². The second kappa shape index (κ2) is 13.8. The van der Waals surface area contributed by atoms with Crippen LogP contribution < -0.4 is 16.0 Å². The molecule has 0 spiro atoms. The van der Waals surface area contributed by atoms with Gasteiger partial charge in [-0.05, 0) is 46.0 Å². The summed E-state index contributed by atoms with van der Waals surface area (Å²) in [6.45, 7) is 17.6. The van der Waals surface area contributed by atoms with Crippen LogP contribution in [0.4, 0.5) is 16.6 Å². The van der Waals surface area contributed by atoms with Gasteiger partial charge in [0.05, 0.1) is 11.8 Å². The van der Waals surface area contributed by atoms with Gasteiger partial charge in [0, 0.05) is 33.1 Å².